The van der Waals surface area contributed by atoms with Crippen LogP contribution in [0.2, 0.25) is 0 Å². The van der Waals surface area contributed by atoms with Crippen molar-refractivity contribution < 1.29 is 26.3 Å². The number of nitrogens with zero attached hydrogens (tertiary/aromatic N) is 2. The molecule has 1 fully saturated rings. The summed E-state index contributed by atoms with van der Waals surface area (Å²) < 4.78 is 67.1. The van der Waals surface area contributed by atoms with E-state index in [0.29, 0.717) is 42.8 Å². The molecule has 168 valence electrons. The first kappa shape index (κ1) is 24.0. The van der Waals surface area contributed by atoms with Crippen molar-refractivity contribution in [1.82, 2.24) is 14.9 Å². The Morgan fingerprint density at radius 3 is 2.57 bits per heavy atom. The summed E-state index contributed by atoms with van der Waals surface area (Å²) in [6, 6.07) is 7.56. The van der Waals surface area contributed by atoms with E-state index >= 15 is 0 Å². The maximum atomic E-state index is 12.7. The van der Waals surface area contributed by atoms with Crippen LogP contribution in [-0.2, 0) is 16.6 Å². The molecule has 0 aromatic heterocycles. The Morgan fingerprint density at radius 1 is 1.30 bits per heavy atom. The predicted molar refractivity (Wildman–Crippen MR) is 110 cm³/mol. The number of ether oxygens (including phenoxy) is 1. The van der Waals surface area contributed by atoms with Crippen LogP contribution in [0.25, 0.3) is 0 Å². The largest absolute Gasteiger partial charge is 0.511 e. The number of para-hydroxylation sites is 1. The molecule has 11 heteroatoms. The zero-order valence-corrected chi connectivity index (χ0v) is 17.6. The third-order valence-corrected chi connectivity index (χ3v) is 6.39. The summed E-state index contributed by atoms with van der Waals surface area (Å²) in [7, 11) is -3.63. The third kappa shape index (κ3) is 6.36. The van der Waals surface area contributed by atoms with Crippen molar-refractivity contribution in [1.29, 1.82) is 0 Å². The minimum atomic E-state index is -5.25. The van der Waals surface area contributed by atoms with Gasteiger partial charge in [0.2, 0.25) is 0 Å². The number of benzene rings is 1. The number of sulfonamides is 1. The number of hydrogen-bond donors (Lipinski definition) is 2. The second kappa shape index (κ2) is 10.7. The highest BCUT2D eigenvalue weighted by molar-refractivity contribution is 7.90. The summed E-state index contributed by atoms with van der Waals surface area (Å²) in [4.78, 5) is 4.15. The molecule has 2 rings (SSSR count). The lowest BCUT2D eigenvalue weighted by Crippen LogP contribution is -2.47. The van der Waals surface area contributed by atoms with Gasteiger partial charge in [0.15, 0.2) is 5.96 Å². The molecule has 30 heavy (non-hydrogen) atoms. The highest BCUT2D eigenvalue weighted by Crippen LogP contribution is 2.30. The van der Waals surface area contributed by atoms with Crippen molar-refractivity contribution >= 4 is 16.0 Å². The number of aliphatic imine (C=N–C) groups is 1. The second-order valence-corrected chi connectivity index (χ2v) is 8.74. The first-order valence-corrected chi connectivity index (χ1v) is 11.0. The van der Waals surface area contributed by atoms with Gasteiger partial charge in [-0.25, -0.2) is 8.42 Å². The molecule has 0 spiro atoms. The lowest BCUT2D eigenvalue weighted by Gasteiger charge is -2.31. The Bertz CT molecular complexity index is 836. The number of piperidine rings is 1. The quantitative estimate of drug-likeness (QED) is 0.363. The normalized spacial score (nSPS) is 16.9. The van der Waals surface area contributed by atoms with E-state index in [0.717, 1.165) is 11.3 Å². The summed E-state index contributed by atoms with van der Waals surface area (Å²) in [5.74, 6) is 1.32. The number of hydrogen-bond acceptors (Lipinski definition) is 4. The number of rotatable bonds is 8. The number of halogens is 3. The topological polar surface area (TPSA) is 83.0 Å². The Hall–Kier alpha value is -2.27. The van der Waals surface area contributed by atoms with Crippen LogP contribution in [0.4, 0.5) is 13.2 Å². The molecule has 0 aliphatic carbocycles. The molecule has 1 aromatic rings. The van der Waals surface area contributed by atoms with Gasteiger partial charge >= 0.3 is 15.5 Å². The highest BCUT2D eigenvalue weighted by atomic mass is 32.2. The molecule has 1 heterocycles. The van der Waals surface area contributed by atoms with Crippen LogP contribution in [0.15, 0.2) is 41.9 Å². The average Bonchev–Trinajstić information content (AvgIpc) is 2.72. The zero-order chi connectivity index (χ0) is 22.2. The van der Waals surface area contributed by atoms with Crippen molar-refractivity contribution in [3.8, 4) is 5.75 Å². The Kier molecular flexibility index (Phi) is 8.54. The molecule has 1 aromatic carbocycles. The predicted octanol–water partition coefficient (Wildman–Crippen LogP) is 2.48. The molecule has 1 aliphatic heterocycles. The van der Waals surface area contributed by atoms with E-state index in [1.54, 1.807) is 13.1 Å². The summed E-state index contributed by atoms with van der Waals surface area (Å²) in [6.07, 6.45) is 2.35. The fourth-order valence-corrected chi connectivity index (χ4v) is 4.06. The lowest BCUT2D eigenvalue weighted by atomic mass is 9.98. The maximum absolute atomic E-state index is 12.7. The van der Waals surface area contributed by atoms with Gasteiger partial charge in [-0.3, -0.25) is 4.99 Å². The van der Waals surface area contributed by atoms with Crippen LogP contribution in [0.5, 0.6) is 5.75 Å². The monoisotopic (exact) mass is 448 g/mol. The Balaban J connectivity index is 1.82. The van der Waals surface area contributed by atoms with Crippen molar-refractivity contribution in [2.45, 2.75) is 24.9 Å². The summed E-state index contributed by atoms with van der Waals surface area (Å²) in [5, 5.41) is 6.32. The van der Waals surface area contributed by atoms with Crippen LogP contribution in [0.3, 0.4) is 0 Å². The SMILES string of the molecule is C=CCOc1ccccc1CNC(=NC)NCC1CCN(S(=O)(=O)C(F)(F)F)CC1. The average molecular weight is 449 g/mol. The van der Waals surface area contributed by atoms with E-state index in [1.165, 1.54) is 0 Å². The molecule has 2 N–H and O–H groups in total. The number of nitrogens with one attached hydrogen (secondary N) is 2. The fourth-order valence-electron chi connectivity index (χ4n) is 3.08. The lowest BCUT2D eigenvalue weighted by molar-refractivity contribution is -0.0496. The highest BCUT2D eigenvalue weighted by Gasteiger charge is 2.50. The van der Waals surface area contributed by atoms with Crippen molar-refractivity contribution in [2.75, 3.05) is 33.3 Å². The van der Waals surface area contributed by atoms with Crippen molar-refractivity contribution in [3.05, 3.63) is 42.5 Å². The van der Waals surface area contributed by atoms with Gasteiger partial charge in [-0.1, -0.05) is 30.9 Å². The van der Waals surface area contributed by atoms with E-state index in [1.807, 2.05) is 24.3 Å². The van der Waals surface area contributed by atoms with E-state index in [4.69, 9.17) is 4.74 Å². The summed E-state index contributed by atoms with van der Waals surface area (Å²) in [6.45, 7) is 4.68. The standard InChI is InChI=1S/C19H27F3N4O3S/c1-3-12-29-17-7-5-4-6-16(17)14-25-18(23-2)24-13-15-8-10-26(11-9-15)30(27,28)19(20,21)22/h3-7,15H,1,8-14H2,2H3,(H2,23,24,25). The van der Waals surface area contributed by atoms with Crippen LogP contribution < -0.4 is 15.4 Å². The van der Waals surface area contributed by atoms with E-state index in [9.17, 15) is 21.6 Å². The van der Waals surface area contributed by atoms with Crippen LogP contribution in [-0.4, -0.2) is 57.5 Å². The molecule has 1 saturated heterocycles. The third-order valence-electron chi connectivity index (χ3n) is 4.76. The van der Waals surface area contributed by atoms with Gasteiger partial charge in [0.25, 0.3) is 0 Å². The number of alkyl halides is 3. The fraction of sp³-hybridized carbons (Fsp3) is 0.526. The maximum Gasteiger partial charge on any atom is 0.511 e. The minimum Gasteiger partial charge on any atom is -0.489 e. The first-order chi connectivity index (χ1) is 14.2. The molecule has 0 atom stereocenters. The molecule has 0 amide bonds. The molecular weight excluding hydrogens is 421 g/mol. The van der Waals surface area contributed by atoms with Crippen LogP contribution in [0.1, 0.15) is 18.4 Å². The van der Waals surface area contributed by atoms with E-state index in [2.05, 4.69) is 22.2 Å². The molecule has 7 nitrogen and oxygen atoms in total. The van der Waals surface area contributed by atoms with E-state index < -0.39 is 15.5 Å². The van der Waals surface area contributed by atoms with Gasteiger partial charge in [-0.2, -0.15) is 17.5 Å². The minimum absolute atomic E-state index is 0.0476. The molecule has 1 aliphatic rings. The number of guanidine groups is 1. The summed E-state index contributed by atoms with van der Waals surface area (Å²) in [5.41, 5.74) is -4.32. The molecular formula is C19H27F3N4O3S. The van der Waals surface area contributed by atoms with Gasteiger partial charge in [-0.15, -0.1) is 0 Å². The van der Waals surface area contributed by atoms with Gasteiger partial charge in [0.05, 0.1) is 0 Å². The first-order valence-electron chi connectivity index (χ1n) is 9.51. The molecule has 0 radical (unpaired) electrons. The molecule has 0 saturated carbocycles. The van der Waals surface area contributed by atoms with Crippen molar-refractivity contribution in [3.63, 3.8) is 0 Å². The zero-order valence-electron chi connectivity index (χ0n) is 16.8. The van der Waals surface area contributed by atoms with Crippen LogP contribution >= 0.6 is 0 Å². The second-order valence-electron chi connectivity index (χ2n) is 6.81. The van der Waals surface area contributed by atoms with Crippen molar-refractivity contribution in [2.24, 2.45) is 10.9 Å². The summed E-state index contributed by atoms with van der Waals surface area (Å²) >= 11 is 0. The molecule has 0 unspecified atom stereocenters. The Morgan fingerprint density at radius 2 is 1.97 bits per heavy atom. The Labute approximate surface area is 175 Å². The molecule has 0 bridgehead atoms. The smallest absolute Gasteiger partial charge is 0.489 e. The van der Waals surface area contributed by atoms with Gasteiger partial charge in [0, 0.05) is 38.8 Å². The van der Waals surface area contributed by atoms with E-state index in [-0.39, 0.29) is 19.0 Å². The van der Waals surface area contributed by atoms with Crippen LogP contribution in [0, 0.1) is 5.92 Å². The van der Waals surface area contributed by atoms with Gasteiger partial charge < -0.3 is 15.4 Å². The van der Waals surface area contributed by atoms with Gasteiger partial charge in [-0.05, 0) is 24.8 Å². The van der Waals surface area contributed by atoms with Gasteiger partial charge in [0.1, 0.15) is 12.4 Å².